The molecular formula is C19H20FN3O3. The Kier molecular flexibility index (Phi) is 4.22. The van der Waals surface area contributed by atoms with Gasteiger partial charge >= 0.3 is 5.97 Å². The van der Waals surface area contributed by atoms with Crippen LogP contribution in [0.4, 0.5) is 4.39 Å². The van der Waals surface area contributed by atoms with Gasteiger partial charge in [-0.3, -0.25) is 9.59 Å². The maximum Gasteiger partial charge on any atom is 0.307 e. The van der Waals surface area contributed by atoms with Gasteiger partial charge in [0.1, 0.15) is 11.4 Å². The molecule has 0 bridgehead atoms. The largest absolute Gasteiger partial charge is 0.458 e. The van der Waals surface area contributed by atoms with Crippen LogP contribution in [0.5, 0.6) is 0 Å². The molecule has 0 unspecified atom stereocenters. The minimum atomic E-state index is -0.598. The van der Waals surface area contributed by atoms with Crippen LogP contribution in [0.15, 0.2) is 36.7 Å². The van der Waals surface area contributed by atoms with Gasteiger partial charge in [-0.15, -0.1) is 0 Å². The van der Waals surface area contributed by atoms with Crippen LogP contribution >= 0.6 is 0 Å². The maximum atomic E-state index is 13.0. The van der Waals surface area contributed by atoms with Crippen molar-refractivity contribution < 1.29 is 18.7 Å². The first-order valence-electron chi connectivity index (χ1n) is 8.85. The van der Waals surface area contributed by atoms with Gasteiger partial charge in [0.25, 0.3) is 0 Å². The fraction of sp³-hybridized carbons (Fsp3) is 0.421. The van der Waals surface area contributed by atoms with Crippen LogP contribution in [0.1, 0.15) is 37.7 Å². The molecule has 136 valence electrons. The van der Waals surface area contributed by atoms with E-state index in [4.69, 9.17) is 4.74 Å². The standard InChI is InChI=1S/C19H20FN3O3/c20-14-3-5-15(6-4-14)23-12-13(11-22-23)10-21-18(25)16-9-17(24)26-19(16)7-1-2-8-19/h3-6,11-12,16H,1-2,7-10H2,(H,21,25)/t16-/m1/s1. The highest BCUT2D eigenvalue weighted by molar-refractivity contribution is 5.87. The van der Waals surface area contributed by atoms with Gasteiger partial charge < -0.3 is 10.1 Å². The van der Waals surface area contributed by atoms with E-state index in [0.717, 1.165) is 36.9 Å². The number of benzene rings is 1. The lowest BCUT2D eigenvalue weighted by molar-refractivity contribution is -0.149. The fourth-order valence-corrected chi connectivity index (χ4v) is 3.95. The van der Waals surface area contributed by atoms with Crippen LogP contribution in [0.2, 0.25) is 0 Å². The number of ether oxygens (including phenoxy) is 1. The third-order valence-corrected chi connectivity index (χ3v) is 5.28. The third kappa shape index (κ3) is 3.09. The third-order valence-electron chi connectivity index (χ3n) is 5.28. The number of nitrogens with one attached hydrogen (secondary N) is 1. The zero-order chi connectivity index (χ0) is 18.1. The Morgan fingerprint density at radius 2 is 2.04 bits per heavy atom. The molecule has 26 heavy (non-hydrogen) atoms. The molecule has 1 N–H and O–H groups in total. The van der Waals surface area contributed by atoms with E-state index in [-0.39, 0.29) is 24.1 Å². The second-order valence-electron chi connectivity index (χ2n) is 6.99. The summed E-state index contributed by atoms with van der Waals surface area (Å²) in [6.07, 6.45) is 7.10. The molecule has 1 amide bonds. The van der Waals surface area contributed by atoms with Gasteiger partial charge in [-0.05, 0) is 49.9 Å². The topological polar surface area (TPSA) is 73.2 Å². The normalized spacial score (nSPS) is 21.1. The van der Waals surface area contributed by atoms with Crippen LogP contribution in [-0.2, 0) is 20.9 Å². The van der Waals surface area contributed by atoms with Gasteiger partial charge in [-0.1, -0.05) is 0 Å². The lowest BCUT2D eigenvalue weighted by atomic mass is 9.85. The monoisotopic (exact) mass is 357 g/mol. The van der Waals surface area contributed by atoms with Gasteiger partial charge in [-0.25, -0.2) is 9.07 Å². The first kappa shape index (κ1) is 16.8. The number of carbonyl (C=O) groups is 2. The number of carbonyl (C=O) groups excluding carboxylic acids is 2. The summed E-state index contributed by atoms with van der Waals surface area (Å²) < 4.78 is 20.2. The molecule has 1 saturated carbocycles. The molecule has 2 fully saturated rings. The number of hydrogen-bond donors (Lipinski definition) is 1. The molecule has 4 rings (SSSR count). The summed E-state index contributed by atoms with van der Waals surface area (Å²) >= 11 is 0. The number of rotatable bonds is 4. The Hall–Kier alpha value is -2.70. The summed E-state index contributed by atoms with van der Waals surface area (Å²) in [7, 11) is 0. The molecule has 1 spiro atoms. The van der Waals surface area contributed by atoms with Crippen LogP contribution in [0.3, 0.4) is 0 Å². The summed E-state index contributed by atoms with van der Waals surface area (Å²) in [5.74, 6) is -1.14. The van der Waals surface area contributed by atoms with Crippen LogP contribution in [0, 0.1) is 11.7 Å². The van der Waals surface area contributed by atoms with Crippen molar-refractivity contribution in [3.8, 4) is 5.69 Å². The number of esters is 1. The average molecular weight is 357 g/mol. The lowest BCUT2D eigenvalue weighted by Crippen LogP contribution is -2.42. The van der Waals surface area contributed by atoms with E-state index in [9.17, 15) is 14.0 Å². The van der Waals surface area contributed by atoms with Crippen molar-refractivity contribution in [3.63, 3.8) is 0 Å². The molecule has 2 aromatic rings. The molecule has 2 heterocycles. The molecule has 7 heteroatoms. The molecule has 2 aliphatic rings. The summed E-state index contributed by atoms with van der Waals surface area (Å²) in [6.45, 7) is 0.320. The Morgan fingerprint density at radius 1 is 1.31 bits per heavy atom. The molecule has 1 atom stereocenters. The van der Waals surface area contributed by atoms with Gasteiger partial charge in [0, 0.05) is 18.3 Å². The number of nitrogens with zero attached hydrogens (tertiary/aromatic N) is 2. The highest BCUT2D eigenvalue weighted by atomic mass is 19.1. The average Bonchev–Trinajstić information content (AvgIpc) is 3.35. The Bertz CT molecular complexity index is 825. The maximum absolute atomic E-state index is 13.0. The van der Waals surface area contributed by atoms with Crippen LogP contribution in [0.25, 0.3) is 5.69 Å². The number of amides is 1. The molecular weight excluding hydrogens is 337 g/mol. The SMILES string of the molecule is O=C1C[C@H](C(=O)NCc2cnn(-c3ccc(F)cc3)c2)C2(CCCC2)O1. The predicted octanol–water partition coefficient (Wildman–Crippen LogP) is 2.50. The quantitative estimate of drug-likeness (QED) is 0.854. The van der Waals surface area contributed by atoms with Gasteiger partial charge in [0.05, 0.1) is 24.2 Å². The Balaban J connectivity index is 1.40. The molecule has 1 saturated heterocycles. The van der Waals surface area contributed by atoms with Crippen molar-refractivity contribution >= 4 is 11.9 Å². The summed E-state index contributed by atoms with van der Waals surface area (Å²) in [4.78, 5) is 24.4. The zero-order valence-corrected chi connectivity index (χ0v) is 14.3. The fourth-order valence-electron chi connectivity index (χ4n) is 3.95. The highest BCUT2D eigenvalue weighted by Gasteiger charge is 2.53. The van der Waals surface area contributed by atoms with Gasteiger partial charge in [0.2, 0.25) is 5.91 Å². The first-order chi connectivity index (χ1) is 12.6. The van der Waals surface area contributed by atoms with E-state index >= 15 is 0 Å². The van der Waals surface area contributed by atoms with Crippen molar-refractivity contribution in [3.05, 3.63) is 48.0 Å². The van der Waals surface area contributed by atoms with E-state index in [2.05, 4.69) is 10.4 Å². The molecule has 1 aliphatic carbocycles. The smallest absolute Gasteiger partial charge is 0.307 e. The minimum Gasteiger partial charge on any atom is -0.458 e. The van der Waals surface area contributed by atoms with Crippen LogP contribution in [-0.4, -0.2) is 27.3 Å². The van der Waals surface area contributed by atoms with Gasteiger partial charge in [-0.2, -0.15) is 5.10 Å². The number of hydrogen-bond acceptors (Lipinski definition) is 4. The lowest BCUT2D eigenvalue weighted by Gasteiger charge is -2.27. The Morgan fingerprint density at radius 3 is 2.77 bits per heavy atom. The molecule has 1 aromatic carbocycles. The van der Waals surface area contributed by atoms with E-state index in [1.54, 1.807) is 29.2 Å². The minimum absolute atomic E-state index is 0.146. The van der Waals surface area contributed by atoms with E-state index in [0.29, 0.717) is 6.54 Å². The second-order valence-corrected chi connectivity index (χ2v) is 6.99. The summed E-state index contributed by atoms with van der Waals surface area (Å²) in [5.41, 5.74) is 0.969. The zero-order valence-electron chi connectivity index (χ0n) is 14.3. The highest BCUT2D eigenvalue weighted by Crippen LogP contribution is 2.45. The van der Waals surface area contributed by atoms with E-state index in [1.807, 2.05) is 0 Å². The molecule has 6 nitrogen and oxygen atoms in total. The van der Waals surface area contributed by atoms with Crippen molar-refractivity contribution in [2.45, 2.75) is 44.2 Å². The summed E-state index contributed by atoms with van der Waals surface area (Å²) in [5, 5.41) is 7.14. The molecule has 1 aliphatic heterocycles. The van der Waals surface area contributed by atoms with Gasteiger partial charge in [0.15, 0.2) is 0 Å². The van der Waals surface area contributed by atoms with Crippen molar-refractivity contribution in [1.82, 2.24) is 15.1 Å². The first-order valence-corrected chi connectivity index (χ1v) is 8.85. The molecule has 0 radical (unpaired) electrons. The summed E-state index contributed by atoms with van der Waals surface area (Å²) in [6, 6.07) is 6.01. The predicted molar refractivity (Wildman–Crippen MR) is 90.8 cm³/mol. The number of aromatic nitrogens is 2. The molecule has 1 aromatic heterocycles. The van der Waals surface area contributed by atoms with Crippen molar-refractivity contribution in [2.24, 2.45) is 5.92 Å². The Labute approximate surface area is 150 Å². The van der Waals surface area contributed by atoms with Crippen LogP contribution < -0.4 is 5.32 Å². The van der Waals surface area contributed by atoms with Crippen molar-refractivity contribution in [1.29, 1.82) is 0 Å². The van der Waals surface area contributed by atoms with Crippen molar-refractivity contribution in [2.75, 3.05) is 0 Å². The van der Waals surface area contributed by atoms with E-state index < -0.39 is 11.5 Å². The number of halogens is 1. The second kappa shape index (κ2) is 6.55. The van der Waals surface area contributed by atoms with E-state index in [1.165, 1.54) is 12.1 Å².